The van der Waals surface area contributed by atoms with Gasteiger partial charge in [0, 0.05) is 11.3 Å². The zero-order chi connectivity index (χ0) is 16.7. The summed E-state index contributed by atoms with van der Waals surface area (Å²) >= 11 is 1.60. The summed E-state index contributed by atoms with van der Waals surface area (Å²) in [4.78, 5) is 12.2. The molecule has 1 amide bonds. The third-order valence-corrected chi connectivity index (χ3v) is 4.62. The van der Waals surface area contributed by atoms with Crippen molar-refractivity contribution in [2.24, 2.45) is 0 Å². The number of amides is 1. The van der Waals surface area contributed by atoms with Gasteiger partial charge in [-0.15, -0.1) is 11.8 Å². The molecule has 122 valence electrons. The lowest BCUT2D eigenvalue weighted by Gasteiger charge is -2.13. The van der Waals surface area contributed by atoms with E-state index in [-0.39, 0.29) is 11.2 Å². The molecule has 0 unspecified atom stereocenters. The Kier molecular flexibility index (Phi) is 6.35. The van der Waals surface area contributed by atoms with E-state index in [0.29, 0.717) is 22.9 Å². The predicted molar refractivity (Wildman–Crippen MR) is 95.5 cm³/mol. The van der Waals surface area contributed by atoms with Gasteiger partial charge < -0.3 is 14.8 Å². The third kappa shape index (κ3) is 4.93. The van der Waals surface area contributed by atoms with Gasteiger partial charge in [0.1, 0.15) is 11.5 Å². The molecule has 5 heteroatoms. The van der Waals surface area contributed by atoms with Crippen LogP contribution in [0.5, 0.6) is 11.5 Å². The van der Waals surface area contributed by atoms with Crippen molar-refractivity contribution in [1.82, 2.24) is 0 Å². The monoisotopic (exact) mass is 331 g/mol. The minimum Gasteiger partial charge on any atom is -0.497 e. The van der Waals surface area contributed by atoms with E-state index in [1.54, 1.807) is 44.2 Å². The maximum Gasteiger partial charge on any atom is 0.234 e. The number of methoxy groups -OCH3 is 2. The van der Waals surface area contributed by atoms with Crippen LogP contribution in [0.15, 0.2) is 48.5 Å². The molecule has 1 atom stereocenters. The largest absolute Gasteiger partial charge is 0.497 e. The number of anilines is 1. The van der Waals surface area contributed by atoms with E-state index in [9.17, 15) is 4.79 Å². The van der Waals surface area contributed by atoms with Crippen molar-refractivity contribution < 1.29 is 14.3 Å². The molecule has 0 saturated heterocycles. The van der Waals surface area contributed by atoms with Gasteiger partial charge >= 0.3 is 0 Å². The summed E-state index contributed by atoms with van der Waals surface area (Å²) in [6.45, 7) is 2.10. The van der Waals surface area contributed by atoms with Gasteiger partial charge in [0.15, 0.2) is 0 Å². The summed E-state index contributed by atoms with van der Waals surface area (Å²) in [7, 11) is 3.16. The number of thioether (sulfide) groups is 1. The van der Waals surface area contributed by atoms with Crippen LogP contribution < -0.4 is 14.8 Å². The van der Waals surface area contributed by atoms with E-state index in [4.69, 9.17) is 9.47 Å². The standard InChI is InChI=1S/C18H21NO3S/c1-13(14-7-5-4-6-8-14)23-12-18(20)19-16-10-9-15(21-2)11-17(16)22-3/h4-11,13H,12H2,1-3H3,(H,19,20)/t13-/m0/s1. The molecule has 2 aromatic rings. The molecule has 0 aliphatic carbocycles. The van der Waals surface area contributed by atoms with Gasteiger partial charge in [0.2, 0.25) is 5.91 Å². The quantitative estimate of drug-likeness (QED) is 0.828. The normalized spacial score (nSPS) is 11.6. The zero-order valence-electron chi connectivity index (χ0n) is 13.5. The molecule has 0 saturated carbocycles. The molecule has 4 nitrogen and oxygen atoms in total. The third-order valence-electron chi connectivity index (χ3n) is 3.42. The van der Waals surface area contributed by atoms with Crippen LogP contribution in [0.2, 0.25) is 0 Å². The second-order valence-corrected chi connectivity index (χ2v) is 6.31. The highest BCUT2D eigenvalue weighted by Crippen LogP contribution is 2.30. The molecule has 23 heavy (non-hydrogen) atoms. The fourth-order valence-corrected chi connectivity index (χ4v) is 2.93. The number of hydrogen-bond acceptors (Lipinski definition) is 4. The number of nitrogens with one attached hydrogen (secondary N) is 1. The molecular weight excluding hydrogens is 310 g/mol. The Morgan fingerprint density at radius 1 is 1.13 bits per heavy atom. The number of hydrogen-bond donors (Lipinski definition) is 1. The van der Waals surface area contributed by atoms with Gasteiger partial charge in [-0.2, -0.15) is 0 Å². The molecule has 0 bridgehead atoms. The number of ether oxygens (including phenoxy) is 2. The van der Waals surface area contributed by atoms with Crippen molar-refractivity contribution in [3.05, 3.63) is 54.1 Å². The summed E-state index contributed by atoms with van der Waals surface area (Å²) in [5.41, 5.74) is 1.86. The smallest absolute Gasteiger partial charge is 0.234 e. The zero-order valence-corrected chi connectivity index (χ0v) is 14.4. The lowest BCUT2D eigenvalue weighted by molar-refractivity contribution is -0.113. The van der Waals surface area contributed by atoms with Crippen molar-refractivity contribution in [3.63, 3.8) is 0 Å². The number of benzene rings is 2. The van der Waals surface area contributed by atoms with Crippen LogP contribution in [-0.2, 0) is 4.79 Å². The minimum atomic E-state index is -0.0544. The molecule has 0 spiro atoms. The first kappa shape index (κ1) is 17.2. The van der Waals surface area contributed by atoms with Crippen molar-refractivity contribution in [1.29, 1.82) is 0 Å². The Morgan fingerprint density at radius 3 is 2.52 bits per heavy atom. The summed E-state index contributed by atoms with van der Waals surface area (Å²) in [5.74, 6) is 1.59. The van der Waals surface area contributed by atoms with E-state index in [0.717, 1.165) is 0 Å². The Hall–Kier alpha value is -2.14. The van der Waals surface area contributed by atoms with E-state index in [1.165, 1.54) is 5.56 Å². The van der Waals surface area contributed by atoms with Gasteiger partial charge in [-0.3, -0.25) is 4.79 Å². The molecule has 0 aliphatic rings. The second kappa shape index (κ2) is 8.48. The van der Waals surface area contributed by atoms with Crippen LogP contribution >= 0.6 is 11.8 Å². The summed E-state index contributed by atoms with van der Waals surface area (Å²) in [6.07, 6.45) is 0. The van der Waals surface area contributed by atoms with Gasteiger partial charge in [-0.1, -0.05) is 30.3 Å². The highest BCUT2D eigenvalue weighted by atomic mass is 32.2. The molecule has 2 rings (SSSR count). The SMILES string of the molecule is COc1ccc(NC(=O)CS[C@@H](C)c2ccccc2)c(OC)c1. The Morgan fingerprint density at radius 2 is 1.87 bits per heavy atom. The average Bonchev–Trinajstić information content (AvgIpc) is 2.60. The Balaban J connectivity index is 1.92. The van der Waals surface area contributed by atoms with Crippen LogP contribution in [0.3, 0.4) is 0 Å². The summed E-state index contributed by atoms with van der Waals surface area (Å²) in [6, 6.07) is 15.5. The molecule has 0 radical (unpaired) electrons. The fraction of sp³-hybridized carbons (Fsp3) is 0.278. The molecular formula is C18H21NO3S. The van der Waals surface area contributed by atoms with Crippen LogP contribution in [0, 0.1) is 0 Å². The van der Waals surface area contributed by atoms with Gasteiger partial charge in [0.05, 0.1) is 25.7 Å². The highest BCUT2D eigenvalue weighted by molar-refractivity contribution is 8.00. The van der Waals surface area contributed by atoms with Crippen molar-refractivity contribution in [2.75, 3.05) is 25.3 Å². The molecule has 0 heterocycles. The average molecular weight is 331 g/mol. The molecule has 0 fully saturated rings. The minimum absolute atomic E-state index is 0.0544. The van der Waals surface area contributed by atoms with Crippen LogP contribution in [0.4, 0.5) is 5.69 Å². The first-order chi connectivity index (χ1) is 11.1. The van der Waals surface area contributed by atoms with E-state index >= 15 is 0 Å². The summed E-state index contributed by atoms with van der Waals surface area (Å²) in [5, 5.41) is 3.14. The number of rotatable bonds is 7. The van der Waals surface area contributed by atoms with Crippen LogP contribution in [-0.4, -0.2) is 25.9 Å². The van der Waals surface area contributed by atoms with E-state index in [1.807, 2.05) is 18.2 Å². The maximum absolute atomic E-state index is 12.2. The fourth-order valence-electron chi connectivity index (χ4n) is 2.11. The van der Waals surface area contributed by atoms with E-state index in [2.05, 4.69) is 24.4 Å². The first-order valence-corrected chi connectivity index (χ1v) is 8.37. The number of carbonyl (C=O) groups excluding carboxylic acids is 1. The summed E-state index contributed by atoms with van der Waals surface area (Å²) < 4.78 is 10.4. The molecule has 1 N–H and O–H groups in total. The highest BCUT2D eigenvalue weighted by Gasteiger charge is 2.12. The van der Waals surface area contributed by atoms with Crippen molar-refractivity contribution >= 4 is 23.4 Å². The molecule has 0 aromatic heterocycles. The molecule has 0 aliphatic heterocycles. The van der Waals surface area contributed by atoms with Gasteiger partial charge in [-0.05, 0) is 24.6 Å². The lowest BCUT2D eigenvalue weighted by Crippen LogP contribution is -2.15. The van der Waals surface area contributed by atoms with E-state index < -0.39 is 0 Å². The predicted octanol–water partition coefficient (Wildman–Crippen LogP) is 4.14. The molecule has 2 aromatic carbocycles. The van der Waals surface area contributed by atoms with Gasteiger partial charge in [0.25, 0.3) is 0 Å². The first-order valence-electron chi connectivity index (χ1n) is 7.32. The Bertz CT molecular complexity index is 646. The van der Waals surface area contributed by atoms with Crippen LogP contribution in [0.25, 0.3) is 0 Å². The maximum atomic E-state index is 12.2. The Labute approximate surface area is 141 Å². The second-order valence-electron chi connectivity index (χ2n) is 4.98. The van der Waals surface area contributed by atoms with Crippen molar-refractivity contribution in [2.45, 2.75) is 12.2 Å². The van der Waals surface area contributed by atoms with Gasteiger partial charge in [-0.25, -0.2) is 0 Å². The lowest BCUT2D eigenvalue weighted by atomic mass is 10.2. The van der Waals surface area contributed by atoms with Crippen LogP contribution in [0.1, 0.15) is 17.7 Å². The topological polar surface area (TPSA) is 47.6 Å². The van der Waals surface area contributed by atoms with Crippen molar-refractivity contribution in [3.8, 4) is 11.5 Å². The number of carbonyl (C=O) groups is 1.